The van der Waals surface area contributed by atoms with Crippen LogP contribution in [-0.2, 0) is 14.8 Å². The summed E-state index contributed by atoms with van der Waals surface area (Å²) in [6.07, 6.45) is 0. The number of sulfonamides is 1. The van der Waals surface area contributed by atoms with E-state index in [2.05, 4.69) is 5.32 Å². The molecule has 8 heteroatoms. The van der Waals surface area contributed by atoms with E-state index in [-0.39, 0.29) is 10.8 Å². The largest absolute Gasteiger partial charge is 0.383 e. The molecule has 0 atom stereocenters. The molecule has 0 saturated carbocycles. The quantitative estimate of drug-likeness (QED) is 0.550. The average Bonchev–Trinajstić information content (AvgIpc) is 3.12. The van der Waals surface area contributed by atoms with Gasteiger partial charge in [0.25, 0.3) is 15.9 Å². The van der Waals surface area contributed by atoms with Crippen LogP contribution in [0, 0.1) is 6.92 Å². The minimum atomic E-state index is -3.67. The van der Waals surface area contributed by atoms with Crippen LogP contribution in [0.25, 0.3) is 10.1 Å². The molecule has 0 aliphatic rings. The second-order valence-corrected chi connectivity index (χ2v) is 9.51. The zero-order valence-corrected chi connectivity index (χ0v) is 18.3. The minimum Gasteiger partial charge on any atom is -0.383 e. The highest BCUT2D eigenvalue weighted by Gasteiger charge is 2.24. The Hall–Kier alpha value is -2.42. The van der Waals surface area contributed by atoms with Crippen molar-refractivity contribution in [2.45, 2.75) is 18.7 Å². The van der Waals surface area contributed by atoms with E-state index in [1.54, 1.807) is 50.4 Å². The van der Waals surface area contributed by atoms with Gasteiger partial charge in [0.2, 0.25) is 0 Å². The molecule has 1 amide bonds. The summed E-state index contributed by atoms with van der Waals surface area (Å²) in [7, 11) is -2.09. The van der Waals surface area contributed by atoms with Crippen molar-refractivity contribution in [1.82, 2.24) is 5.32 Å². The first kappa shape index (κ1) is 21.3. The highest BCUT2D eigenvalue weighted by Crippen LogP contribution is 2.31. The average molecular weight is 433 g/mol. The number of aryl methyl sites for hydroxylation is 1. The molecular weight excluding hydrogens is 408 g/mol. The van der Waals surface area contributed by atoms with Crippen LogP contribution in [0.15, 0.2) is 53.4 Å². The summed E-state index contributed by atoms with van der Waals surface area (Å²) in [4.78, 5) is 13.1. The molecule has 0 spiro atoms. The van der Waals surface area contributed by atoms with Crippen molar-refractivity contribution in [3.8, 4) is 0 Å². The number of carbonyl (C=O) groups is 1. The summed E-state index contributed by atoms with van der Waals surface area (Å²) < 4.78 is 33.5. The lowest BCUT2D eigenvalue weighted by Crippen LogP contribution is -2.30. The van der Waals surface area contributed by atoms with E-state index < -0.39 is 10.0 Å². The monoisotopic (exact) mass is 432 g/mol. The van der Waals surface area contributed by atoms with Gasteiger partial charge in [-0.05, 0) is 55.6 Å². The third-order valence-corrected chi connectivity index (χ3v) is 7.53. The van der Waals surface area contributed by atoms with Gasteiger partial charge in [0.15, 0.2) is 0 Å². The highest BCUT2D eigenvalue weighted by atomic mass is 32.2. The molecule has 0 bridgehead atoms. The fourth-order valence-electron chi connectivity index (χ4n) is 2.98. The number of hydrogen-bond donors (Lipinski definition) is 1. The van der Waals surface area contributed by atoms with E-state index in [0.717, 1.165) is 15.6 Å². The molecule has 3 aromatic rings. The number of fused-ring (bicyclic) bond motifs is 1. The molecule has 29 heavy (non-hydrogen) atoms. The van der Waals surface area contributed by atoms with E-state index >= 15 is 0 Å². The van der Waals surface area contributed by atoms with Crippen LogP contribution in [0.4, 0.5) is 5.69 Å². The molecule has 154 valence electrons. The molecule has 0 aliphatic heterocycles. The van der Waals surface area contributed by atoms with E-state index in [1.165, 1.54) is 15.6 Å². The molecule has 1 aromatic heterocycles. The first-order valence-corrected chi connectivity index (χ1v) is 11.5. The zero-order valence-electron chi connectivity index (χ0n) is 16.6. The third-order valence-electron chi connectivity index (χ3n) is 4.50. The number of nitrogens with one attached hydrogen (secondary N) is 1. The van der Waals surface area contributed by atoms with Crippen LogP contribution in [0.3, 0.4) is 0 Å². The van der Waals surface area contributed by atoms with Gasteiger partial charge >= 0.3 is 0 Å². The predicted molar refractivity (Wildman–Crippen MR) is 117 cm³/mol. The molecule has 3 rings (SSSR count). The first-order valence-electron chi connectivity index (χ1n) is 9.27. The number of ether oxygens (including phenoxy) is 1. The topological polar surface area (TPSA) is 75.7 Å². The Morgan fingerprint density at radius 2 is 1.86 bits per heavy atom. The number of rotatable bonds is 8. The summed E-state index contributed by atoms with van der Waals surface area (Å²) in [6.45, 7) is 4.91. The Balaban J connectivity index is 1.91. The maximum Gasteiger partial charge on any atom is 0.264 e. The molecule has 1 N–H and O–H groups in total. The Morgan fingerprint density at radius 1 is 1.14 bits per heavy atom. The van der Waals surface area contributed by atoms with Gasteiger partial charge in [0.05, 0.1) is 22.1 Å². The molecule has 2 aromatic carbocycles. The number of carbonyl (C=O) groups excluding carboxylic acids is 1. The van der Waals surface area contributed by atoms with Crippen LogP contribution >= 0.6 is 11.3 Å². The maximum absolute atomic E-state index is 13.1. The Kier molecular flexibility index (Phi) is 6.56. The van der Waals surface area contributed by atoms with Crippen LogP contribution in [0.5, 0.6) is 0 Å². The maximum atomic E-state index is 13.1. The van der Waals surface area contributed by atoms with Gasteiger partial charge in [0, 0.05) is 24.9 Å². The molecular formula is C21H24N2O4S2. The van der Waals surface area contributed by atoms with E-state index in [4.69, 9.17) is 4.74 Å². The number of benzene rings is 2. The number of methoxy groups -OCH3 is 1. The van der Waals surface area contributed by atoms with Crippen molar-refractivity contribution in [1.29, 1.82) is 0 Å². The van der Waals surface area contributed by atoms with E-state index in [9.17, 15) is 13.2 Å². The van der Waals surface area contributed by atoms with Crippen LogP contribution in [-0.4, -0.2) is 41.1 Å². The fourth-order valence-corrected chi connectivity index (χ4v) is 5.41. The lowest BCUT2D eigenvalue weighted by atomic mass is 10.2. The number of hydrogen-bond acceptors (Lipinski definition) is 5. The molecule has 6 nitrogen and oxygen atoms in total. The summed E-state index contributed by atoms with van der Waals surface area (Å²) in [6, 6.07) is 14.1. The molecule has 1 heterocycles. The van der Waals surface area contributed by atoms with Gasteiger partial charge in [-0.1, -0.05) is 17.7 Å². The lowest BCUT2D eigenvalue weighted by Gasteiger charge is -2.23. The second-order valence-electron chi connectivity index (χ2n) is 6.56. The van der Waals surface area contributed by atoms with Crippen LogP contribution < -0.4 is 9.62 Å². The Bertz CT molecular complexity index is 1110. The number of anilines is 1. The van der Waals surface area contributed by atoms with Crippen LogP contribution in [0.2, 0.25) is 0 Å². The minimum absolute atomic E-state index is 0.163. The van der Waals surface area contributed by atoms with E-state index in [0.29, 0.717) is 30.3 Å². The number of amides is 1. The number of nitrogens with zero attached hydrogens (tertiary/aromatic N) is 1. The van der Waals surface area contributed by atoms with Crippen molar-refractivity contribution in [2.75, 3.05) is 31.1 Å². The van der Waals surface area contributed by atoms with Gasteiger partial charge in [0.1, 0.15) is 0 Å². The molecule has 0 aliphatic carbocycles. The van der Waals surface area contributed by atoms with Gasteiger partial charge < -0.3 is 10.1 Å². The summed E-state index contributed by atoms with van der Waals surface area (Å²) in [5.74, 6) is -0.163. The smallest absolute Gasteiger partial charge is 0.264 e. The van der Waals surface area contributed by atoms with Crippen molar-refractivity contribution < 1.29 is 17.9 Å². The summed E-state index contributed by atoms with van der Waals surface area (Å²) in [5.41, 5.74) is 1.58. The third kappa shape index (κ3) is 4.60. The SMILES string of the molecule is CCN(c1ccc2sc(C(=O)NCCOC)cc2c1)S(=O)(=O)c1ccc(C)cc1. The highest BCUT2D eigenvalue weighted by molar-refractivity contribution is 7.92. The molecule has 0 fully saturated rings. The van der Waals surface area contributed by atoms with Crippen molar-refractivity contribution in [3.05, 3.63) is 59.0 Å². The van der Waals surface area contributed by atoms with Crippen molar-refractivity contribution >= 4 is 43.0 Å². The predicted octanol–water partition coefficient (Wildman–Crippen LogP) is 3.80. The lowest BCUT2D eigenvalue weighted by molar-refractivity contribution is 0.0941. The Labute approximate surface area is 175 Å². The standard InChI is InChI=1S/C21H24N2O4S2/c1-4-23(29(25,26)18-8-5-15(2)6-9-18)17-7-10-19-16(13-17)14-20(28-19)21(24)22-11-12-27-3/h5-10,13-14H,4,11-12H2,1-3H3,(H,22,24). The van der Waals surface area contributed by atoms with Crippen molar-refractivity contribution in [3.63, 3.8) is 0 Å². The second kappa shape index (κ2) is 8.94. The van der Waals surface area contributed by atoms with Gasteiger partial charge in [-0.15, -0.1) is 11.3 Å². The van der Waals surface area contributed by atoms with E-state index in [1.807, 2.05) is 19.1 Å². The Morgan fingerprint density at radius 3 is 2.52 bits per heavy atom. The fraction of sp³-hybridized carbons (Fsp3) is 0.286. The molecule has 0 radical (unpaired) electrons. The first-order chi connectivity index (χ1) is 13.9. The van der Waals surface area contributed by atoms with Crippen LogP contribution in [0.1, 0.15) is 22.2 Å². The zero-order chi connectivity index (χ0) is 21.0. The van der Waals surface area contributed by atoms with Gasteiger partial charge in [-0.25, -0.2) is 8.42 Å². The van der Waals surface area contributed by atoms with Gasteiger partial charge in [-0.3, -0.25) is 9.10 Å². The summed E-state index contributed by atoms with van der Waals surface area (Å²) >= 11 is 1.38. The van der Waals surface area contributed by atoms with Crippen molar-refractivity contribution in [2.24, 2.45) is 0 Å². The van der Waals surface area contributed by atoms with Gasteiger partial charge in [-0.2, -0.15) is 0 Å². The molecule has 0 saturated heterocycles. The number of thiophene rings is 1. The normalized spacial score (nSPS) is 11.6. The molecule has 0 unspecified atom stereocenters. The summed E-state index contributed by atoms with van der Waals surface area (Å²) in [5, 5.41) is 3.63.